The van der Waals surface area contributed by atoms with Gasteiger partial charge in [-0.3, -0.25) is 19.1 Å². The molecule has 0 spiro atoms. The van der Waals surface area contributed by atoms with Gasteiger partial charge in [0.05, 0.1) is 0 Å². The summed E-state index contributed by atoms with van der Waals surface area (Å²) in [6.45, 7) is 0.578. The van der Waals surface area contributed by atoms with Gasteiger partial charge in [0.1, 0.15) is 0 Å². The summed E-state index contributed by atoms with van der Waals surface area (Å²) < 4.78 is 2.73. The summed E-state index contributed by atoms with van der Waals surface area (Å²) in [6, 6.07) is 4.14. The summed E-state index contributed by atoms with van der Waals surface area (Å²) in [5.74, 6) is 0. The van der Waals surface area contributed by atoms with Crippen LogP contribution in [-0.4, -0.2) is 14.1 Å². The number of aryl methyl sites for hydroxylation is 2. The van der Waals surface area contributed by atoms with E-state index in [0.29, 0.717) is 12.2 Å². The van der Waals surface area contributed by atoms with Gasteiger partial charge in [-0.1, -0.05) is 0 Å². The van der Waals surface area contributed by atoms with Crippen LogP contribution in [0.1, 0.15) is 0 Å². The molecule has 0 fully saturated rings. The van der Waals surface area contributed by atoms with Crippen LogP contribution in [0, 0.1) is 0 Å². The molecule has 18 heavy (non-hydrogen) atoms. The number of nitrogens with one attached hydrogen (secondary N) is 1. The average Bonchev–Trinajstić information content (AvgIpc) is 2.32. The zero-order chi connectivity index (χ0) is 13.1. The van der Waals surface area contributed by atoms with Crippen molar-refractivity contribution in [2.24, 2.45) is 0 Å². The van der Waals surface area contributed by atoms with Crippen molar-refractivity contribution in [1.82, 2.24) is 14.1 Å². The normalized spacial score (nSPS) is 10.4. The first-order valence-electron chi connectivity index (χ1n) is 5.32. The first-order chi connectivity index (χ1) is 8.56. The van der Waals surface area contributed by atoms with E-state index in [4.69, 9.17) is 5.73 Å². The summed E-state index contributed by atoms with van der Waals surface area (Å²) in [4.78, 5) is 35.9. The van der Waals surface area contributed by atoms with Gasteiger partial charge in [-0.2, -0.15) is 0 Å². The highest BCUT2D eigenvalue weighted by atomic mass is 16.2. The molecule has 0 unspecified atom stereocenters. The Balaban J connectivity index is 2.21. The molecule has 0 saturated carbocycles. The number of H-pyrrole nitrogens is 1. The third kappa shape index (κ3) is 2.57. The predicted molar refractivity (Wildman–Crippen MR) is 66.4 cm³/mol. The minimum Gasteiger partial charge on any atom is -0.398 e. The molecule has 2 heterocycles. The minimum absolute atomic E-state index is 0.193. The van der Waals surface area contributed by atoms with Crippen LogP contribution in [0.4, 0.5) is 5.69 Å². The molecule has 0 saturated heterocycles. The SMILES string of the molecule is Nc1ccc(=O)n(CCn2ccc(=O)[nH]c2=O)c1. The summed E-state index contributed by atoms with van der Waals surface area (Å²) in [7, 11) is 0. The van der Waals surface area contributed by atoms with E-state index in [2.05, 4.69) is 4.98 Å². The Labute approximate surface area is 101 Å². The number of rotatable bonds is 3. The van der Waals surface area contributed by atoms with E-state index in [9.17, 15) is 14.4 Å². The van der Waals surface area contributed by atoms with Crippen LogP contribution in [-0.2, 0) is 13.1 Å². The molecule has 0 aliphatic carbocycles. The monoisotopic (exact) mass is 248 g/mol. The van der Waals surface area contributed by atoms with Crippen LogP contribution >= 0.6 is 0 Å². The van der Waals surface area contributed by atoms with Crippen LogP contribution in [0.15, 0.2) is 45.0 Å². The predicted octanol–water partition coefficient (Wildman–Crippen LogP) is -1.02. The molecular weight excluding hydrogens is 236 g/mol. The van der Waals surface area contributed by atoms with Crippen molar-refractivity contribution >= 4 is 5.69 Å². The Kier molecular flexibility index (Phi) is 3.13. The molecule has 0 aromatic carbocycles. The first kappa shape index (κ1) is 11.9. The lowest BCUT2D eigenvalue weighted by Crippen LogP contribution is -2.31. The van der Waals surface area contributed by atoms with Crippen LogP contribution in [0.3, 0.4) is 0 Å². The van der Waals surface area contributed by atoms with E-state index in [-0.39, 0.29) is 12.1 Å². The minimum atomic E-state index is -0.501. The second kappa shape index (κ2) is 4.74. The third-order valence-electron chi connectivity index (χ3n) is 2.48. The maximum atomic E-state index is 11.5. The zero-order valence-electron chi connectivity index (χ0n) is 9.50. The van der Waals surface area contributed by atoms with E-state index in [1.807, 2.05) is 0 Å². The van der Waals surface area contributed by atoms with Crippen molar-refractivity contribution in [1.29, 1.82) is 0 Å². The fraction of sp³-hybridized carbons (Fsp3) is 0.182. The van der Waals surface area contributed by atoms with Gasteiger partial charge in [-0.25, -0.2) is 4.79 Å². The third-order valence-corrected chi connectivity index (χ3v) is 2.48. The summed E-state index contributed by atoms with van der Waals surface area (Å²) in [5, 5.41) is 0. The Hall–Kier alpha value is -2.57. The quantitative estimate of drug-likeness (QED) is 0.725. The molecule has 3 N–H and O–H groups in total. The van der Waals surface area contributed by atoms with Gasteiger partial charge in [-0.15, -0.1) is 0 Å². The number of aromatic nitrogens is 3. The fourth-order valence-electron chi connectivity index (χ4n) is 1.56. The van der Waals surface area contributed by atoms with Crippen molar-refractivity contribution in [3.05, 3.63) is 61.8 Å². The van der Waals surface area contributed by atoms with Crippen LogP contribution in [0.2, 0.25) is 0 Å². The lowest BCUT2D eigenvalue weighted by Gasteiger charge is -2.07. The second-order valence-electron chi connectivity index (χ2n) is 3.80. The first-order valence-corrected chi connectivity index (χ1v) is 5.32. The van der Waals surface area contributed by atoms with Gasteiger partial charge in [0, 0.05) is 43.3 Å². The smallest absolute Gasteiger partial charge is 0.328 e. The number of hydrogen-bond acceptors (Lipinski definition) is 4. The molecule has 2 aromatic heterocycles. The summed E-state index contributed by atoms with van der Waals surface area (Å²) in [5.41, 5.74) is 4.91. The standard InChI is InChI=1S/C11H12N4O3/c12-8-1-2-10(17)15(7-8)6-5-14-4-3-9(16)13-11(14)18/h1-4,7H,5-6,12H2,(H,13,16,18). The molecule has 0 aliphatic rings. The Morgan fingerprint density at radius 1 is 1.06 bits per heavy atom. The van der Waals surface area contributed by atoms with Gasteiger partial charge in [0.15, 0.2) is 0 Å². The molecule has 2 rings (SSSR count). The molecular formula is C11H12N4O3. The number of nitrogen functional groups attached to an aromatic ring is 1. The van der Waals surface area contributed by atoms with Crippen LogP contribution in [0.25, 0.3) is 0 Å². The Morgan fingerprint density at radius 2 is 1.78 bits per heavy atom. The average molecular weight is 248 g/mol. The number of pyridine rings is 1. The van der Waals surface area contributed by atoms with Gasteiger partial charge in [0.25, 0.3) is 11.1 Å². The Morgan fingerprint density at radius 3 is 2.50 bits per heavy atom. The van der Waals surface area contributed by atoms with Gasteiger partial charge >= 0.3 is 5.69 Å². The van der Waals surface area contributed by atoms with E-state index >= 15 is 0 Å². The number of nitrogens with two attached hydrogens (primary N) is 1. The van der Waals surface area contributed by atoms with Crippen molar-refractivity contribution in [3.63, 3.8) is 0 Å². The topological polar surface area (TPSA) is 103 Å². The lowest BCUT2D eigenvalue weighted by atomic mass is 10.4. The maximum Gasteiger partial charge on any atom is 0.328 e. The van der Waals surface area contributed by atoms with Crippen molar-refractivity contribution in [2.75, 3.05) is 5.73 Å². The number of hydrogen-bond donors (Lipinski definition) is 2. The molecule has 0 amide bonds. The second-order valence-corrected chi connectivity index (χ2v) is 3.80. The zero-order valence-corrected chi connectivity index (χ0v) is 9.50. The number of aromatic amines is 1. The van der Waals surface area contributed by atoms with E-state index < -0.39 is 11.2 Å². The Bertz CT molecular complexity index is 726. The van der Waals surface area contributed by atoms with Gasteiger partial charge in [-0.05, 0) is 6.07 Å². The number of nitrogens with zero attached hydrogens (tertiary/aromatic N) is 2. The van der Waals surface area contributed by atoms with Crippen molar-refractivity contribution in [3.8, 4) is 0 Å². The highest BCUT2D eigenvalue weighted by Gasteiger charge is 1.99. The van der Waals surface area contributed by atoms with Crippen LogP contribution in [0.5, 0.6) is 0 Å². The van der Waals surface area contributed by atoms with Crippen molar-refractivity contribution < 1.29 is 0 Å². The molecule has 0 bridgehead atoms. The molecule has 7 heteroatoms. The molecule has 0 radical (unpaired) electrons. The molecule has 94 valence electrons. The highest BCUT2D eigenvalue weighted by molar-refractivity contribution is 5.33. The molecule has 0 atom stereocenters. The van der Waals surface area contributed by atoms with Crippen molar-refractivity contribution in [2.45, 2.75) is 13.1 Å². The highest BCUT2D eigenvalue weighted by Crippen LogP contribution is 1.95. The number of anilines is 1. The van der Waals surface area contributed by atoms with E-state index in [1.165, 1.54) is 39.7 Å². The van der Waals surface area contributed by atoms with Crippen LogP contribution < -0.4 is 22.5 Å². The molecule has 2 aromatic rings. The summed E-state index contributed by atoms with van der Waals surface area (Å²) in [6.07, 6.45) is 2.90. The van der Waals surface area contributed by atoms with E-state index in [0.717, 1.165) is 0 Å². The van der Waals surface area contributed by atoms with Gasteiger partial charge in [0.2, 0.25) is 0 Å². The molecule has 7 nitrogen and oxygen atoms in total. The fourth-order valence-corrected chi connectivity index (χ4v) is 1.56. The lowest BCUT2D eigenvalue weighted by molar-refractivity contribution is 0.543. The van der Waals surface area contributed by atoms with E-state index in [1.54, 1.807) is 0 Å². The van der Waals surface area contributed by atoms with Gasteiger partial charge < -0.3 is 10.3 Å². The maximum absolute atomic E-state index is 11.5. The summed E-state index contributed by atoms with van der Waals surface area (Å²) >= 11 is 0. The molecule has 0 aliphatic heterocycles. The largest absolute Gasteiger partial charge is 0.398 e.